The summed E-state index contributed by atoms with van der Waals surface area (Å²) in [6.07, 6.45) is -4.73. The van der Waals surface area contributed by atoms with Crippen LogP contribution in [-0.2, 0) is 15.0 Å². The molecule has 0 saturated heterocycles. The van der Waals surface area contributed by atoms with Crippen LogP contribution in [0.25, 0.3) is 0 Å². The predicted molar refractivity (Wildman–Crippen MR) is 57.0 cm³/mol. The van der Waals surface area contributed by atoms with E-state index in [1.165, 1.54) is 4.72 Å². The van der Waals surface area contributed by atoms with Gasteiger partial charge < -0.3 is 5.11 Å². The third kappa shape index (κ3) is 8.25. The molecule has 0 fully saturated rings. The second kappa shape index (κ2) is 6.34. The maximum Gasteiger partial charge on any atom is 0.402 e. The van der Waals surface area contributed by atoms with Gasteiger partial charge in [0.05, 0.1) is 0 Å². The van der Waals surface area contributed by atoms with E-state index in [4.69, 9.17) is 5.11 Å². The predicted octanol–water partition coefficient (Wildman–Crippen LogP) is 0.472. The summed E-state index contributed by atoms with van der Waals surface area (Å²) in [5, 5.41) is 8.74. The summed E-state index contributed by atoms with van der Waals surface area (Å²) in [5.74, 6) is -1.57. The van der Waals surface area contributed by atoms with Crippen LogP contribution in [0.15, 0.2) is 0 Å². The molecule has 0 aromatic carbocycles. The summed E-state index contributed by atoms with van der Waals surface area (Å²) in [4.78, 5) is 10.7. The van der Waals surface area contributed by atoms with Gasteiger partial charge in [-0.25, -0.2) is 0 Å². The Morgan fingerprint density at radius 3 is 2.17 bits per heavy atom. The third-order valence-electron chi connectivity index (χ3n) is 1.77. The van der Waals surface area contributed by atoms with Crippen LogP contribution in [0.4, 0.5) is 13.2 Å². The van der Waals surface area contributed by atoms with Gasteiger partial charge in [0.25, 0.3) is 10.2 Å². The zero-order valence-electron chi connectivity index (χ0n) is 9.78. The smallest absolute Gasteiger partial charge is 0.402 e. The molecule has 0 aliphatic carbocycles. The van der Waals surface area contributed by atoms with Crippen molar-refractivity contribution >= 4 is 16.2 Å². The average Bonchev–Trinajstić information content (AvgIpc) is 2.11. The minimum absolute atomic E-state index is 0.0255. The molecule has 0 heterocycles. The van der Waals surface area contributed by atoms with Gasteiger partial charge in [-0.3, -0.25) is 4.79 Å². The van der Waals surface area contributed by atoms with Crippen molar-refractivity contribution < 1.29 is 31.5 Å². The molecule has 0 aliphatic rings. The molecule has 0 bridgehead atoms. The Morgan fingerprint density at radius 2 is 1.83 bits per heavy atom. The van der Waals surface area contributed by atoms with E-state index >= 15 is 0 Å². The largest absolute Gasteiger partial charge is 0.480 e. The van der Waals surface area contributed by atoms with Crippen molar-refractivity contribution in [2.75, 3.05) is 6.54 Å². The SMILES string of the molecule is CC(C)CC(NS(=O)(=O)NCC(F)(F)F)C(=O)O. The van der Waals surface area contributed by atoms with Gasteiger partial charge in [0.15, 0.2) is 0 Å². The van der Waals surface area contributed by atoms with Gasteiger partial charge in [-0.05, 0) is 12.3 Å². The lowest BCUT2D eigenvalue weighted by molar-refractivity contribution is -0.139. The first-order valence-corrected chi connectivity index (χ1v) is 6.48. The number of carboxylic acids is 1. The molecule has 1 unspecified atom stereocenters. The van der Waals surface area contributed by atoms with Gasteiger partial charge in [-0.2, -0.15) is 31.0 Å². The summed E-state index contributed by atoms with van der Waals surface area (Å²) in [5.41, 5.74) is 0. The number of alkyl halides is 3. The molecule has 0 aromatic heterocycles. The van der Waals surface area contributed by atoms with E-state index in [9.17, 15) is 26.4 Å². The van der Waals surface area contributed by atoms with Gasteiger partial charge in [-0.15, -0.1) is 0 Å². The fourth-order valence-electron chi connectivity index (χ4n) is 1.08. The zero-order chi connectivity index (χ0) is 14.6. The van der Waals surface area contributed by atoms with E-state index in [0.29, 0.717) is 0 Å². The van der Waals surface area contributed by atoms with Crippen LogP contribution in [0.1, 0.15) is 20.3 Å². The monoisotopic (exact) mass is 292 g/mol. The molecule has 0 rings (SSSR count). The highest BCUT2D eigenvalue weighted by atomic mass is 32.2. The number of hydrogen-bond acceptors (Lipinski definition) is 3. The van der Waals surface area contributed by atoms with Crippen LogP contribution < -0.4 is 9.44 Å². The standard InChI is InChI=1S/C8H15F3N2O4S/c1-5(2)3-6(7(14)15)13-18(16,17)12-4-8(9,10)11/h5-6,12-13H,3-4H2,1-2H3,(H,14,15). The van der Waals surface area contributed by atoms with Crippen LogP contribution in [0.3, 0.4) is 0 Å². The molecule has 0 spiro atoms. The summed E-state index contributed by atoms with van der Waals surface area (Å²) >= 11 is 0. The van der Waals surface area contributed by atoms with Crippen molar-refractivity contribution in [1.82, 2.24) is 9.44 Å². The van der Waals surface area contributed by atoms with Crippen LogP contribution in [0.5, 0.6) is 0 Å². The lowest BCUT2D eigenvalue weighted by Crippen LogP contribution is -2.48. The molecule has 1 atom stereocenters. The number of carbonyl (C=O) groups is 1. The van der Waals surface area contributed by atoms with Gasteiger partial charge >= 0.3 is 12.1 Å². The summed E-state index contributed by atoms with van der Waals surface area (Å²) < 4.78 is 60.7. The molecule has 0 aromatic rings. The number of aliphatic carboxylic acids is 1. The highest BCUT2D eigenvalue weighted by Crippen LogP contribution is 2.13. The van der Waals surface area contributed by atoms with Gasteiger partial charge in [0.2, 0.25) is 0 Å². The van der Waals surface area contributed by atoms with Crippen molar-refractivity contribution in [1.29, 1.82) is 0 Å². The van der Waals surface area contributed by atoms with Gasteiger partial charge in [0.1, 0.15) is 12.6 Å². The fraction of sp³-hybridized carbons (Fsp3) is 0.875. The number of halogens is 3. The minimum atomic E-state index is -4.70. The Kier molecular flexibility index (Phi) is 6.04. The number of carboxylic acid groups (broad SMARTS) is 1. The highest BCUT2D eigenvalue weighted by molar-refractivity contribution is 7.87. The minimum Gasteiger partial charge on any atom is -0.480 e. The number of rotatable bonds is 7. The summed E-state index contributed by atoms with van der Waals surface area (Å²) in [7, 11) is -4.51. The summed E-state index contributed by atoms with van der Waals surface area (Å²) in [6, 6.07) is -1.46. The molecular weight excluding hydrogens is 277 g/mol. The topological polar surface area (TPSA) is 95.5 Å². The van der Waals surface area contributed by atoms with Crippen LogP contribution in [0.2, 0.25) is 0 Å². The van der Waals surface area contributed by atoms with Crippen molar-refractivity contribution in [2.24, 2.45) is 5.92 Å². The lowest BCUT2D eigenvalue weighted by Gasteiger charge is -2.17. The Labute approximate surface area is 103 Å². The van der Waals surface area contributed by atoms with Crippen LogP contribution in [0, 0.1) is 5.92 Å². The second-order valence-electron chi connectivity index (χ2n) is 4.08. The van der Waals surface area contributed by atoms with E-state index in [0.717, 1.165) is 0 Å². The first kappa shape index (κ1) is 17.1. The molecule has 0 radical (unpaired) electrons. The van der Waals surface area contributed by atoms with Crippen molar-refractivity contribution in [3.8, 4) is 0 Å². The molecule has 10 heteroatoms. The van der Waals surface area contributed by atoms with Crippen molar-refractivity contribution in [3.05, 3.63) is 0 Å². The Hall–Kier alpha value is -0.870. The fourth-order valence-corrected chi connectivity index (χ4v) is 2.09. The molecule has 108 valence electrons. The lowest BCUT2D eigenvalue weighted by atomic mass is 10.1. The Bertz CT molecular complexity index is 380. The van der Waals surface area contributed by atoms with Crippen LogP contribution in [-0.4, -0.2) is 38.3 Å². The average molecular weight is 292 g/mol. The van der Waals surface area contributed by atoms with Crippen molar-refractivity contribution in [2.45, 2.75) is 32.5 Å². The zero-order valence-corrected chi connectivity index (χ0v) is 10.6. The Balaban J connectivity index is 4.57. The first-order chi connectivity index (χ1) is 7.93. The van der Waals surface area contributed by atoms with Gasteiger partial charge in [0, 0.05) is 0 Å². The molecule has 0 aliphatic heterocycles. The van der Waals surface area contributed by atoms with Crippen LogP contribution >= 0.6 is 0 Å². The quantitative estimate of drug-likeness (QED) is 0.635. The normalized spacial score (nSPS) is 14.8. The number of nitrogens with one attached hydrogen (secondary N) is 2. The Morgan fingerprint density at radius 1 is 1.33 bits per heavy atom. The first-order valence-electron chi connectivity index (χ1n) is 4.99. The van der Waals surface area contributed by atoms with E-state index in [1.54, 1.807) is 18.6 Å². The van der Waals surface area contributed by atoms with Crippen molar-refractivity contribution in [3.63, 3.8) is 0 Å². The summed E-state index contributed by atoms with van der Waals surface area (Å²) in [6.45, 7) is 1.57. The van der Waals surface area contributed by atoms with E-state index in [-0.39, 0.29) is 12.3 Å². The van der Waals surface area contributed by atoms with Gasteiger partial charge in [-0.1, -0.05) is 13.8 Å². The number of hydrogen-bond donors (Lipinski definition) is 3. The highest BCUT2D eigenvalue weighted by Gasteiger charge is 2.31. The molecule has 6 nitrogen and oxygen atoms in total. The third-order valence-corrected chi connectivity index (χ3v) is 2.88. The second-order valence-corrected chi connectivity index (χ2v) is 5.61. The molecule has 0 saturated carbocycles. The van der Waals surface area contributed by atoms with E-state index < -0.39 is 34.9 Å². The molecule has 0 amide bonds. The molecule has 18 heavy (non-hydrogen) atoms. The molecular formula is C8H15F3N2O4S. The van der Waals surface area contributed by atoms with E-state index in [2.05, 4.69) is 0 Å². The van der Waals surface area contributed by atoms with E-state index in [1.807, 2.05) is 0 Å². The maximum absolute atomic E-state index is 11.8. The maximum atomic E-state index is 11.8. The molecule has 3 N–H and O–H groups in total.